The second kappa shape index (κ2) is 9.33. The number of methoxy groups -OCH3 is 1. The van der Waals surface area contributed by atoms with Gasteiger partial charge in [-0.2, -0.15) is 0 Å². The predicted molar refractivity (Wildman–Crippen MR) is 107 cm³/mol. The summed E-state index contributed by atoms with van der Waals surface area (Å²) in [5.41, 5.74) is 8.37. The standard InChI is InChI=1S/C21H26FNO3S/c1-3-8-25-19-13-20-21(27-10-9-26-20)12-15(19)17(23)6-4-14-5-7-18(24-2)16(22)11-14/h5,7,11-13,17H,3-4,6,8-10,23H2,1-2H3. The fraction of sp³-hybridized carbons (Fsp3) is 0.429. The largest absolute Gasteiger partial charge is 0.494 e. The van der Waals surface area contributed by atoms with E-state index in [-0.39, 0.29) is 17.6 Å². The van der Waals surface area contributed by atoms with Crippen molar-refractivity contribution < 1.29 is 18.6 Å². The number of halogens is 1. The molecule has 1 heterocycles. The highest BCUT2D eigenvalue weighted by atomic mass is 32.2. The summed E-state index contributed by atoms with van der Waals surface area (Å²) in [7, 11) is 1.46. The first-order valence-corrected chi connectivity index (χ1v) is 10.2. The molecule has 2 aromatic carbocycles. The molecule has 27 heavy (non-hydrogen) atoms. The molecule has 0 saturated carbocycles. The van der Waals surface area contributed by atoms with Crippen molar-refractivity contribution in [3.63, 3.8) is 0 Å². The number of ether oxygens (including phenoxy) is 3. The molecule has 2 aromatic rings. The number of aryl methyl sites for hydroxylation is 1. The number of benzene rings is 2. The van der Waals surface area contributed by atoms with Crippen LogP contribution in [0.15, 0.2) is 35.2 Å². The van der Waals surface area contributed by atoms with Crippen molar-refractivity contribution in [3.8, 4) is 17.2 Å². The van der Waals surface area contributed by atoms with Gasteiger partial charge in [-0.1, -0.05) is 13.0 Å². The first-order valence-electron chi connectivity index (χ1n) is 9.26. The van der Waals surface area contributed by atoms with Gasteiger partial charge in [0.05, 0.1) is 25.2 Å². The molecule has 0 bridgehead atoms. The summed E-state index contributed by atoms with van der Waals surface area (Å²) in [6, 6.07) is 8.88. The zero-order chi connectivity index (χ0) is 19.2. The highest BCUT2D eigenvalue weighted by Crippen LogP contribution is 2.40. The average molecular weight is 392 g/mol. The first-order chi connectivity index (χ1) is 13.1. The maximum Gasteiger partial charge on any atom is 0.165 e. The summed E-state index contributed by atoms with van der Waals surface area (Å²) in [6.07, 6.45) is 2.29. The van der Waals surface area contributed by atoms with Gasteiger partial charge in [0.25, 0.3) is 0 Å². The van der Waals surface area contributed by atoms with Crippen LogP contribution in [0.25, 0.3) is 0 Å². The highest BCUT2D eigenvalue weighted by molar-refractivity contribution is 7.99. The van der Waals surface area contributed by atoms with Crippen LogP contribution in [-0.2, 0) is 6.42 Å². The van der Waals surface area contributed by atoms with Crippen LogP contribution in [0.2, 0.25) is 0 Å². The summed E-state index contributed by atoms with van der Waals surface area (Å²) in [5, 5.41) is 0. The molecule has 0 spiro atoms. The lowest BCUT2D eigenvalue weighted by atomic mass is 9.98. The van der Waals surface area contributed by atoms with Crippen LogP contribution in [0.3, 0.4) is 0 Å². The molecular weight excluding hydrogens is 365 g/mol. The van der Waals surface area contributed by atoms with E-state index in [1.807, 2.05) is 12.1 Å². The third-order valence-electron chi connectivity index (χ3n) is 4.50. The summed E-state index contributed by atoms with van der Waals surface area (Å²) in [4.78, 5) is 1.10. The Labute approximate surface area is 164 Å². The van der Waals surface area contributed by atoms with Crippen molar-refractivity contribution in [2.75, 3.05) is 26.1 Å². The average Bonchev–Trinajstić information content (AvgIpc) is 2.69. The maximum absolute atomic E-state index is 13.9. The molecule has 0 fully saturated rings. The second-order valence-corrected chi connectivity index (χ2v) is 7.63. The number of fused-ring (bicyclic) bond motifs is 1. The molecule has 3 rings (SSSR count). The van der Waals surface area contributed by atoms with Gasteiger partial charge in [0.2, 0.25) is 0 Å². The van der Waals surface area contributed by atoms with Crippen molar-refractivity contribution in [2.45, 2.75) is 37.1 Å². The molecule has 1 aliphatic rings. The Morgan fingerprint density at radius 2 is 2.11 bits per heavy atom. The van der Waals surface area contributed by atoms with Crippen molar-refractivity contribution >= 4 is 11.8 Å². The Balaban J connectivity index is 1.76. The smallest absolute Gasteiger partial charge is 0.165 e. The SMILES string of the molecule is CCCOc1cc2c(cc1C(N)CCc1ccc(OC)c(F)c1)SCCO2. The van der Waals surface area contributed by atoms with Crippen LogP contribution in [0, 0.1) is 5.82 Å². The number of thioether (sulfide) groups is 1. The van der Waals surface area contributed by atoms with Crippen molar-refractivity contribution in [1.82, 2.24) is 0 Å². The van der Waals surface area contributed by atoms with E-state index >= 15 is 0 Å². The quantitative estimate of drug-likeness (QED) is 0.704. The van der Waals surface area contributed by atoms with Crippen LogP contribution in [0.1, 0.15) is 36.9 Å². The lowest BCUT2D eigenvalue weighted by Crippen LogP contribution is -2.15. The second-order valence-electron chi connectivity index (χ2n) is 6.50. The number of nitrogens with two attached hydrogens (primary N) is 1. The Hall–Kier alpha value is -1.92. The van der Waals surface area contributed by atoms with E-state index in [1.54, 1.807) is 17.8 Å². The van der Waals surface area contributed by atoms with Crippen LogP contribution in [-0.4, -0.2) is 26.1 Å². The minimum atomic E-state index is -0.349. The minimum absolute atomic E-state index is 0.199. The van der Waals surface area contributed by atoms with Gasteiger partial charge in [0, 0.05) is 23.4 Å². The molecule has 1 unspecified atom stereocenters. The molecule has 1 atom stereocenters. The van der Waals surface area contributed by atoms with Gasteiger partial charge in [0.15, 0.2) is 11.6 Å². The topological polar surface area (TPSA) is 53.7 Å². The molecule has 0 aromatic heterocycles. The van der Waals surface area contributed by atoms with E-state index < -0.39 is 0 Å². The molecule has 1 aliphatic heterocycles. The predicted octanol–water partition coefficient (Wildman–Crippen LogP) is 4.74. The van der Waals surface area contributed by atoms with Crippen LogP contribution >= 0.6 is 11.8 Å². The molecule has 6 heteroatoms. The lowest BCUT2D eigenvalue weighted by Gasteiger charge is -2.23. The van der Waals surface area contributed by atoms with Gasteiger partial charge >= 0.3 is 0 Å². The summed E-state index contributed by atoms with van der Waals surface area (Å²) < 4.78 is 30.5. The zero-order valence-corrected chi connectivity index (χ0v) is 16.6. The van der Waals surface area contributed by atoms with Crippen LogP contribution in [0.4, 0.5) is 4.39 Å². The minimum Gasteiger partial charge on any atom is -0.494 e. The Morgan fingerprint density at radius 1 is 1.26 bits per heavy atom. The molecule has 4 nitrogen and oxygen atoms in total. The molecule has 0 aliphatic carbocycles. The fourth-order valence-corrected chi connectivity index (χ4v) is 3.91. The van der Waals surface area contributed by atoms with Gasteiger partial charge in [0.1, 0.15) is 11.5 Å². The highest BCUT2D eigenvalue weighted by Gasteiger charge is 2.20. The van der Waals surface area contributed by atoms with E-state index in [4.69, 9.17) is 19.9 Å². The summed E-state index contributed by atoms with van der Waals surface area (Å²) in [5.74, 6) is 2.49. The summed E-state index contributed by atoms with van der Waals surface area (Å²) >= 11 is 1.77. The zero-order valence-electron chi connectivity index (χ0n) is 15.8. The first kappa shape index (κ1) is 19.8. The fourth-order valence-electron chi connectivity index (χ4n) is 3.06. The number of hydrogen-bond donors (Lipinski definition) is 1. The van der Waals surface area contributed by atoms with Crippen molar-refractivity contribution in [1.29, 1.82) is 0 Å². The molecule has 0 radical (unpaired) electrons. The monoisotopic (exact) mass is 391 g/mol. The molecule has 0 saturated heterocycles. The van der Waals surface area contributed by atoms with E-state index in [1.165, 1.54) is 13.2 Å². The Morgan fingerprint density at radius 3 is 2.85 bits per heavy atom. The van der Waals surface area contributed by atoms with Gasteiger partial charge in [-0.15, -0.1) is 11.8 Å². The third kappa shape index (κ3) is 4.87. The van der Waals surface area contributed by atoms with E-state index in [0.717, 1.165) is 39.7 Å². The van der Waals surface area contributed by atoms with Gasteiger partial charge in [-0.25, -0.2) is 4.39 Å². The molecule has 2 N–H and O–H groups in total. The van der Waals surface area contributed by atoms with E-state index in [2.05, 4.69) is 13.0 Å². The van der Waals surface area contributed by atoms with Gasteiger partial charge in [-0.05, 0) is 43.0 Å². The van der Waals surface area contributed by atoms with Gasteiger partial charge in [-0.3, -0.25) is 0 Å². The Kier molecular flexibility index (Phi) is 6.85. The van der Waals surface area contributed by atoms with Gasteiger partial charge < -0.3 is 19.9 Å². The lowest BCUT2D eigenvalue weighted by molar-refractivity contribution is 0.300. The van der Waals surface area contributed by atoms with E-state index in [0.29, 0.717) is 26.1 Å². The van der Waals surface area contributed by atoms with Crippen LogP contribution in [0.5, 0.6) is 17.2 Å². The Bertz CT molecular complexity index is 784. The van der Waals surface area contributed by atoms with Crippen molar-refractivity contribution in [3.05, 3.63) is 47.3 Å². The maximum atomic E-state index is 13.9. The van der Waals surface area contributed by atoms with Crippen molar-refractivity contribution in [2.24, 2.45) is 5.73 Å². The van der Waals surface area contributed by atoms with E-state index in [9.17, 15) is 4.39 Å². The molecule has 0 amide bonds. The molecule has 146 valence electrons. The van der Waals surface area contributed by atoms with Crippen LogP contribution < -0.4 is 19.9 Å². The normalized spacial score (nSPS) is 14.2. The number of rotatable bonds is 8. The number of hydrogen-bond acceptors (Lipinski definition) is 5. The summed E-state index contributed by atoms with van der Waals surface area (Å²) in [6.45, 7) is 3.41. The molecular formula is C21H26FNO3S. The third-order valence-corrected chi connectivity index (χ3v) is 5.50.